The van der Waals surface area contributed by atoms with Crippen LogP contribution in [-0.2, 0) is 6.54 Å². The number of hydrogen-bond acceptors (Lipinski definition) is 3. The van der Waals surface area contributed by atoms with Crippen molar-refractivity contribution < 1.29 is 0 Å². The molecule has 1 aromatic heterocycles. The van der Waals surface area contributed by atoms with Crippen LogP contribution in [0.3, 0.4) is 0 Å². The van der Waals surface area contributed by atoms with Gasteiger partial charge in [0.1, 0.15) is 5.82 Å². The van der Waals surface area contributed by atoms with Crippen LogP contribution < -0.4 is 5.73 Å². The summed E-state index contributed by atoms with van der Waals surface area (Å²) in [6, 6.07) is 5.82. The molecule has 18 heavy (non-hydrogen) atoms. The molecule has 4 heteroatoms. The molecule has 0 bridgehead atoms. The van der Waals surface area contributed by atoms with Gasteiger partial charge in [0.2, 0.25) is 0 Å². The highest BCUT2D eigenvalue weighted by molar-refractivity contribution is 5.78. The van der Waals surface area contributed by atoms with Crippen LogP contribution in [0.15, 0.2) is 18.2 Å². The zero-order chi connectivity index (χ0) is 12.5. The molecule has 1 aliphatic rings. The van der Waals surface area contributed by atoms with E-state index in [1.165, 1.54) is 25.9 Å². The van der Waals surface area contributed by atoms with Gasteiger partial charge in [-0.25, -0.2) is 4.98 Å². The second-order valence-corrected chi connectivity index (χ2v) is 5.42. The molecule has 2 aromatic rings. The Morgan fingerprint density at radius 1 is 1.39 bits per heavy atom. The molecule has 96 valence electrons. The summed E-state index contributed by atoms with van der Waals surface area (Å²) in [5, 5.41) is 0. The zero-order valence-electron chi connectivity index (χ0n) is 10.8. The van der Waals surface area contributed by atoms with Crippen LogP contribution in [0, 0.1) is 5.92 Å². The Kier molecular flexibility index (Phi) is 2.96. The maximum atomic E-state index is 5.77. The number of aromatic nitrogens is 2. The third kappa shape index (κ3) is 2.34. The average Bonchev–Trinajstić information content (AvgIpc) is 2.73. The first-order chi connectivity index (χ1) is 8.70. The molecule has 0 aliphatic carbocycles. The molecule has 0 radical (unpaired) electrons. The van der Waals surface area contributed by atoms with Crippen molar-refractivity contribution >= 4 is 16.7 Å². The number of piperidine rings is 1. The Labute approximate surface area is 107 Å². The molecule has 3 N–H and O–H groups in total. The molecule has 0 saturated carbocycles. The molecule has 4 nitrogen and oxygen atoms in total. The lowest BCUT2D eigenvalue weighted by molar-refractivity contribution is 0.182. The van der Waals surface area contributed by atoms with Gasteiger partial charge in [-0.15, -0.1) is 0 Å². The molecule has 1 fully saturated rings. The molecule has 2 heterocycles. The number of likely N-dealkylation sites (tertiary alicyclic amines) is 1. The van der Waals surface area contributed by atoms with Crippen LogP contribution in [0.25, 0.3) is 11.0 Å². The van der Waals surface area contributed by atoms with Gasteiger partial charge < -0.3 is 10.7 Å². The predicted octanol–water partition coefficient (Wildman–Crippen LogP) is 2.38. The Balaban J connectivity index is 1.74. The van der Waals surface area contributed by atoms with Crippen molar-refractivity contribution in [3.05, 3.63) is 24.0 Å². The number of fused-ring (bicyclic) bond motifs is 1. The summed E-state index contributed by atoms with van der Waals surface area (Å²) in [6.07, 6.45) is 2.60. The van der Waals surface area contributed by atoms with Crippen molar-refractivity contribution in [2.24, 2.45) is 5.92 Å². The molecular weight excluding hydrogens is 224 g/mol. The number of anilines is 1. The van der Waals surface area contributed by atoms with Gasteiger partial charge in [0, 0.05) is 5.69 Å². The van der Waals surface area contributed by atoms with E-state index in [9.17, 15) is 0 Å². The average molecular weight is 244 g/mol. The van der Waals surface area contributed by atoms with Crippen molar-refractivity contribution in [2.45, 2.75) is 26.3 Å². The molecule has 0 amide bonds. The fourth-order valence-electron chi connectivity index (χ4n) is 2.59. The summed E-state index contributed by atoms with van der Waals surface area (Å²) in [6.45, 7) is 5.61. The first-order valence-corrected chi connectivity index (χ1v) is 6.67. The number of H-pyrrole nitrogens is 1. The number of nitrogens with zero attached hydrogens (tertiary/aromatic N) is 2. The number of nitrogens with one attached hydrogen (secondary N) is 1. The number of benzene rings is 1. The third-order valence-electron chi connectivity index (χ3n) is 3.80. The van der Waals surface area contributed by atoms with Gasteiger partial charge in [-0.2, -0.15) is 0 Å². The van der Waals surface area contributed by atoms with E-state index >= 15 is 0 Å². The van der Waals surface area contributed by atoms with E-state index < -0.39 is 0 Å². The van der Waals surface area contributed by atoms with E-state index in [2.05, 4.69) is 21.8 Å². The highest BCUT2D eigenvalue weighted by Crippen LogP contribution is 2.19. The largest absolute Gasteiger partial charge is 0.399 e. The zero-order valence-corrected chi connectivity index (χ0v) is 10.8. The van der Waals surface area contributed by atoms with E-state index in [1.54, 1.807) is 0 Å². The van der Waals surface area contributed by atoms with Gasteiger partial charge in [0.15, 0.2) is 0 Å². The van der Waals surface area contributed by atoms with E-state index in [-0.39, 0.29) is 0 Å². The molecule has 0 spiro atoms. The van der Waals surface area contributed by atoms with Gasteiger partial charge in [-0.1, -0.05) is 6.92 Å². The van der Waals surface area contributed by atoms with Crippen LogP contribution in [0.2, 0.25) is 0 Å². The minimum Gasteiger partial charge on any atom is -0.399 e. The molecule has 3 rings (SSSR count). The van der Waals surface area contributed by atoms with Gasteiger partial charge in [0.05, 0.1) is 17.6 Å². The molecule has 0 unspecified atom stereocenters. The Morgan fingerprint density at radius 3 is 2.94 bits per heavy atom. The molecule has 0 atom stereocenters. The molecule has 1 aliphatic heterocycles. The van der Waals surface area contributed by atoms with E-state index in [1.807, 2.05) is 18.2 Å². The maximum Gasteiger partial charge on any atom is 0.121 e. The fraction of sp³-hybridized carbons (Fsp3) is 0.500. The molecule has 1 saturated heterocycles. The van der Waals surface area contributed by atoms with Crippen molar-refractivity contribution in [1.82, 2.24) is 14.9 Å². The minimum absolute atomic E-state index is 0.782. The van der Waals surface area contributed by atoms with Crippen molar-refractivity contribution in [3.8, 4) is 0 Å². The lowest BCUT2D eigenvalue weighted by Gasteiger charge is -2.29. The number of aromatic amines is 1. The highest BCUT2D eigenvalue weighted by Gasteiger charge is 2.16. The van der Waals surface area contributed by atoms with Gasteiger partial charge >= 0.3 is 0 Å². The topological polar surface area (TPSA) is 57.9 Å². The lowest BCUT2D eigenvalue weighted by Crippen LogP contribution is -2.32. The predicted molar refractivity (Wildman–Crippen MR) is 74.2 cm³/mol. The summed E-state index contributed by atoms with van der Waals surface area (Å²) < 4.78 is 0. The summed E-state index contributed by atoms with van der Waals surface area (Å²) in [5.41, 5.74) is 8.60. The Morgan fingerprint density at radius 2 is 2.17 bits per heavy atom. The second-order valence-electron chi connectivity index (χ2n) is 5.42. The number of nitrogen functional groups attached to an aromatic ring is 1. The van der Waals surface area contributed by atoms with E-state index in [0.29, 0.717) is 0 Å². The first kappa shape index (κ1) is 11.5. The Bertz CT molecular complexity index is 538. The number of nitrogens with two attached hydrogens (primary N) is 1. The first-order valence-electron chi connectivity index (χ1n) is 6.67. The van der Waals surface area contributed by atoms with Gasteiger partial charge in [-0.05, 0) is 50.0 Å². The van der Waals surface area contributed by atoms with E-state index in [0.717, 1.165) is 35.0 Å². The van der Waals surface area contributed by atoms with Crippen molar-refractivity contribution in [1.29, 1.82) is 0 Å². The summed E-state index contributed by atoms with van der Waals surface area (Å²) in [5.74, 6) is 1.92. The monoisotopic (exact) mass is 244 g/mol. The van der Waals surface area contributed by atoms with E-state index in [4.69, 9.17) is 5.73 Å². The van der Waals surface area contributed by atoms with Crippen LogP contribution in [-0.4, -0.2) is 28.0 Å². The quantitative estimate of drug-likeness (QED) is 0.797. The van der Waals surface area contributed by atoms with Crippen LogP contribution in [0.1, 0.15) is 25.6 Å². The molecule has 1 aromatic carbocycles. The maximum absolute atomic E-state index is 5.77. The number of hydrogen-bond donors (Lipinski definition) is 2. The lowest BCUT2D eigenvalue weighted by atomic mass is 9.99. The van der Waals surface area contributed by atoms with Crippen LogP contribution in [0.4, 0.5) is 5.69 Å². The minimum atomic E-state index is 0.782. The van der Waals surface area contributed by atoms with Crippen LogP contribution in [0.5, 0.6) is 0 Å². The van der Waals surface area contributed by atoms with Gasteiger partial charge in [-0.3, -0.25) is 4.90 Å². The summed E-state index contributed by atoms with van der Waals surface area (Å²) in [7, 11) is 0. The fourth-order valence-corrected chi connectivity index (χ4v) is 2.59. The second kappa shape index (κ2) is 4.61. The summed E-state index contributed by atoms with van der Waals surface area (Å²) in [4.78, 5) is 10.4. The van der Waals surface area contributed by atoms with Crippen molar-refractivity contribution in [2.75, 3.05) is 18.8 Å². The number of imidazole rings is 1. The third-order valence-corrected chi connectivity index (χ3v) is 3.80. The SMILES string of the molecule is CC1CCN(Cc2nc3ccc(N)cc3[nH]2)CC1. The van der Waals surface area contributed by atoms with Gasteiger partial charge in [0.25, 0.3) is 0 Å². The normalized spacial score (nSPS) is 18.5. The Hall–Kier alpha value is -1.55. The summed E-state index contributed by atoms with van der Waals surface area (Å²) >= 11 is 0. The van der Waals surface area contributed by atoms with Crippen molar-refractivity contribution in [3.63, 3.8) is 0 Å². The van der Waals surface area contributed by atoms with Crippen LogP contribution >= 0.6 is 0 Å². The highest BCUT2D eigenvalue weighted by atomic mass is 15.2. The number of rotatable bonds is 2. The smallest absolute Gasteiger partial charge is 0.121 e. The molecular formula is C14H20N4. The standard InChI is InChI=1S/C14H20N4/c1-10-4-6-18(7-5-10)9-14-16-12-3-2-11(15)8-13(12)17-14/h2-3,8,10H,4-7,9,15H2,1H3,(H,16,17).